The van der Waals surface area contributed by atoms with Crippen molar-refractivity contribution in [3.63, 3.8) is 0 Å². The number of fused-ring (bicyclic) bond motifs is 1. The van der Waals surface area contributed by atoms with Crippen LogP contribution in [0.2, 0.25) is 0 Å². The van der Waals surface area contributed by atoms with Crippen LogP contribution in [0.4, 0.5) is 18.0 Å². The van der Waals surface area contributed by atoms with Gasteiger partial charge < -0.3 is 10.6 Å². The van der Waals surface area contributed by atoms with Gasteiger partial charge in [0.2, 0.25) is 0 Å². The molecule has 0 aromatic heterocycles. The molecule has 3 nitrogen and oxygen atoms in total. The van der Waals surface area contributed by atoms with Crippen molar-refractivity contribution in [2.75, 3.05) is 13.1 Å². The van der Waals surface area contributed by atoms with Crippen molar-refractivity contribution >= 4 is 6.03 Å². The minimum absolute atomic E-state index is 0.171. The molecule has 2 fully saturated rings. The second-order valence-electron chi connectivity index (χ2n) is 3.64. The second kappa shape index (κ2) is 2.30. The molecule has 13 heavy (non-hydrogen) atoms. The minimum Gasteiger partial charge on any atom is -0.351 e. The predicted molar refractivity (Wildman–Crippen MR) is 37.7 cm³/mol. The van der Waals surface area contributed by atoms with Crippen LogP contribution in [0.25, 0.3) is 0 Å². The molecule has 2 N–H and O–H groups in total. The zero-order valence-electron chi connectivity index (χ0n) is 6.71. The lowest BCUT2D eigenvalue weighted by Gasteiger charge is -2.17. The highest BCUT2D eigenvalue weighted by atomic mass is 19.4. The molecule has 1 saturated heterocycles. The summed E-state index contributed by atoms with van der Waals surface area (Å²) in [7, 11) is 0. The fourth-order valence-electron chi connectivity index (χ4n) is 2.19. The maximum absolute atomic E-state index is 12.2. The topological polar surface area (TPSA) is 46.3 Å². The van der Waals surface area contributed by atoms with E-state index in [1.807, 2.05) is 0 Å². The number of carbonyl (C=O) groups excluding carboxylic acids is 1. The molecule has 3 atom stereocenters. The van der Waals surface area contributed by atoms with E-state index >= 15 is 0 Å². The number of nitrogens with zero attached hydrogens (tertiary/aromatic N) is 1. The van der Waals surface area contributed by atoms with Gasteiger partial charge in [0.1, 0.15) is 0 Å². The number of carbonyl (C=O) groups is 1. The lowest BCUT2D eigenvalue weighted by Crippen LogP contribution is -2.37. The Morgan fingerprint density at radius 3 is 2.08 bits per heavy atom. The Morgan fingerprint density at radius 1 is 1.31 bits per heavy atom. The Hall–Kier alpha value is -0.940. The summed E-state index contributed by atoms with van der Waals surface area (Å²) in [4.78, 5) is 11.9. The van der Waals surface area contributed by atoms with Crippen molar-refractivity contribution in [3.05, 3.63) is 0 Å². The predicted octanol–water partition coefficient (Wildman–Crippen LogP) is 0.805. The van der Waals surface area contributed by atoms with Crippen molar-refractivity contribution in [1.82, 2.24) is 4.90 Å². The average molecular weight is 194 g/mol. The average Bonchev–Trinajstić information content (AvgIpc) is 2.48. The first-order valence-corrected chi connectivity index (χ1v) is 4.02. The van der Waals surface area contributed by atoms with Gasteiger partial charge in [-0.15, -0.1) is 0 Å². The van der Waals surface area contributed by atoms with Crippen LogP contribution in [0.5, 0.6) is 0 Å². The Labute approximate surface area is 72.7 Å². The largest absolute Gasteiger partial charge is 0.392 e. The summed E-state index contributed by atoms with van der Waals surface area (Å²) >= 11 is 0. The van der Waals surface area contributed by atoms with Crippen LogP contribution in [-0.4, -0.2) is 30.2 Å². The molecule has 74 valence electrons. The molecule has 2 aliphatic rings. The monoisotopic (exact) mass is 194 g/mol. The molecular weight excluding hydrogens is 185 g/mol. The summed E-state index contributed by atoms with van der Waals surface area (Å²) in [5.41, 5.74) is 4.94. The number of hydrogen-bond donors (Lipinski definition) is 1. The number of piperidine rings is 1. The molecule has 0 bridgehead atoms. The maximum atomic E-state index is 12.2. The van der Waals surface area contributed by atoms with E-state index in [2.05, 4.69) is 0 Å². The van der Waals surface area contributed by atoms with Crippen molar-refractivity contribution in [2.45, 2.75) is 6.18 Å². The number of hydrogen-bond acceptors (Lipinski definition) is 1. The zero-order chi connectivity index (χ0) is 9.80. The molecule has 0 aromatic rings. The first kappa shape index (κ1) is 8.65. The molecule has 1 aliphatic carbocycles. The van der Waals surface area contributed by atoms with Gasteiger partial charge >= 0.3 is 12.2 Å². The van der Waals surface area contributed by atoms with E-state index in [1.165, 1.54) is 4.90 Å². The molecule has 0 spiro atoms. The van der Waals surface area contributed by atoms with Gasteiger partial charge in [0.15, 0.2) is 0 Å². The van der Waals surface area contributed by atoms with E-state index in [-0.39, 0.29) is 13.1 Å². The van der Waals surface area contributed by atoms with Crippen LogP contribution >= 0.6 is 0 Å². The fourth-order valence-corrected chi connectivity index (χ4v) is 2.19. The zero-order valence-corrected chi connectivity index (χ0v) is 6.71. The van der Waals surface area contributed by atoms with E-state index in [4.69, 9.17) is 5.73 Å². The van der Waals surface area contributed by atoms with Crippen LogP contribution in [0.15, 0.2) is 0 Å². The molecule has 2 amide bonds. The summed E-state index contributed by atoms with van der Waals surface area (Å²) in [6.45, 7) is 0.342. The van der Waals surface area contributed by atoms with Gasteiger partial charge in [0.25, 0.3) is 0 Å². The highest BCUT2D eigenvalue weighted by Gasteiger charge is 2.67. The lowest BCUT2D eigenvalue weighted by molar-refractivity contribution is -0.156. The van der Waals surface area contributed by atoms with Gasteiger partial charge in [-0.2, -0.15) is 13.2 Å². The molecule has 1 aliphatic heterocycles. The minimum atomic E-state index is -4.10. The summed E-state index contributed by atoms with van der Waals surface area (Å²) in [5, 5.41) is 0. The standard InChI is InChI=1S/C7H9F3N2O/c8-7(9,10)5-3-1-12(6(11)13)2-4(3)5/h3-5H,1-2H2,(H2,11,13)/t3-,4+,5?. The molecular formula is C7H9F3N2O. The van der Waals surface area contributed by atoms with Crippen molar-refractivity contribution in [2.24, 2.45) is 23.5 Å². The van der Waals surface area contributed by atoms with Crippen LogP contribution < -0.4 is 5.73 Å². The lowest BCUT2D eigenvalue weighted by atomic mass is 10.2. The van der Waals surface area contributed by atoms with Gasteiger partial charge in [-0.1, -0.05) is 0 Å². The van der Waals surface area contributed by atoms with E-state index < -0.39 is 30.0 Å². The summed E-state index contributed by atoms with van der Waals surface area (Å²) in [5.74, 6) is -1.98. The van der Waals surface area contributed by atoms with Crippen LogP contribution in [0.1, 0.15) is 0 Å². The van der Waals surface area contributed by atoms with Gasteiger partial charge in [-0.25, -0.2) is 4.79 Å². The number of amides is 2. The Morgan fingerprint density at radius 2 is 1.77 bits per heavy atom. The van der Waals surface area contributed by atoms with Gasteiger partial charge in [-0.3, -0.25) is 0 Å². The SMILES string of the molecule is NC(=O)N1C[C@@H]2C(C(F)(F)F)[C@@H]2C1. The van der Waals surface area contributed by atoms with Gasteiger partial charge in [0.05, 0.1) is 5.92 Å². The summed E-state index contributed by atoms with van der Waals surface area (Å²) in [6, 6.07) is -0.617. The number of primary amides is 1. The van der Waals surface area contributed by atoms with Crippen molar-refractivity contribution in [1.29, 1.82) is 0 Å². The Balaban J connectivity index is 1.94. The molecule has 1 heterocycles. The fraction of sp³-hybridized carbons (Fsp3) is 0.857. The van der Waals surface area contributed by atoms with Crippen LogP contribution in [0, 0.1) is 17.8 Å². The van der Waals surface area contributed by atoms with E-state index in [0.717, 1.165) is 0 Å². The molecule has 0 aromatic carbocycles. The van der Waals surface area contributed by atoms with Crippen molar-refractivity contribution < 1.29 is 18.0 Å². The third kappa shape index (κ3) is 1.24. The van der Waals surface area contributed by atoms with E-state index in [0.29, 0.717) is 0 Å². The number of likely N-dealkylation sites (tertiary alicyclic amines) is 1. The number of nitrogens with two attached hydrogens (primary N) is 1. The van der Waals surface area contributed by atoms with Crippen molar-refractivity contribution in [3.8, 4) is 0 Å². The molecule has 2 rings (SSSR count). The van der Waals surface area contributed by atoms with Crippen LogP contribution in [0.3, 0.4) is 0 Å². The first-order chi connectivity index (χ1) is 5.91. The first-order valence-electron chi connectivity index (χ1n) is 4.02. The number of alkyl halides is 3. The molecule has 1 unspecified atom stereocenters. The van der Waals surface area contributed by atoms with E-state index in [1.54, 1.807) is 0 Å². The Bertz CT molecular complexity index is 241. The number of rotatable bonds is 0. The van der Waals surface area contributed by atoms with Crippen LogP contribution in [-0.2, 0) is 0 Å². The maximum Gasteiger partial charge on any atom is 0.392 e. The summed E-state index contributed by atoms with van der Waals surface area (Å²) in [6.07, 6.45) is -4.10. The smallest absolute Gasteiger partial charge is 0.351 e. The molecule has 1 saturated carbocycles. The highest BCUT2D eigenvalue weighted by Crippen LogP contribution is 2.59. The summed E-state index contributed by atoms with van der Waals surface area (Å²) < 4.78 is 36.5. The Kier molecular flexibility index (Phi) is 1.53. The molecule has 6 heteroatoms. The highest BCUT2D eigenvalue weighted by molar-refractivity contribution is 5.72. The normalized spacial score (nSPS) is 37.5. The van der Waals surface area contributed by atoms with E-state index in [9.17, 15) is 18.0 Å². The number of halogens is 3. The molecule has 0 radical (unpaired) electrons. The van der Waals surface area contributed by atoms with Gasteiger partial charge in [0, 0.05) is 13.1 Å². The quantitative estimate of drug-likeness (QED) is 0.609. The second-order valence-corrected chi connectivity index (χ2v) is 3.64. The van der Waals surface area contributed by atoms with Gasteiger partial charge in [-0.05, 0) is 11.8 Å². The third-order valence-corrected chi connectivity index (χ3v) is 2.88. The third-order valence-electron chi connectivity index (χ3n) is 2.88. The number of urea groups is 1.